The van der Waals surface area contributed by atoms with Gasteiger partial charge in [-0.2, -0.15) is 0 Å². The van der Waals surface area contributed by atoms with Gasteiger partial charge in [0.05, 0.1) is 36.5 Å². The fraction of sp³-hybridized carbons (Fsp3) is 0.241. The lowest BCUT2D eigenvalue weighted by atomic mass is 9.95. The minimum Gasteiger partial charge on any atom is -0.507 e. The van der Waals surface area contributed by atoms with Gasteiger partial charge in [0.1, 0.15) is 23.0 Å². The average molecular weight is 522 g/mol. The maximum atomic E-state index is 13.4. The van der Waals surface area contributed by atoms with Crippen LogP contribution < -0.4 is 19.1 Å². The topological polar surface area (TPSA) is 85.3 Å². The van der Waals surface area contributed by atoms with Crippen LogP contribution in [0.2, 0.25) is 5.02 Å². The van der Waals surface area contributed by atoms with Crippen molar-refractivity contribution >= 4 is 34.7 Å². The lowest BCUT2D eigenvalue weighted by Crippen LogP contribution is -2.29. The number of ketones is 1. The number of Topliss-reactive ketones (excluding diaryl/α,β-unsaturated/α-hetero) is 1. The number of hydrogen-bond donors (Lipinski definition) is 1. The third-order valence-electron chi connectivity index (χ3n) is 5.86. The number of aliphatic hydroxyl groups is 1. The normalized spacial score (nSPS) is 16.8. The van der Waals surface area contributed by atoms with Gasteiger partial charge in [0.25, 0.3) is 11.7 Å². The second kappa shape index (κ2) is 11.0. The van der Waals surface area contributed by atoms with Crippen LogP contribution in [-0.4, -0.2) is 36.6 Å². The van der Waals surface area contributed by atoms with E-state index in [-0.39, 0.29) is 22.5 Å². The van der Waals surface area contributed by atoms with Crippen LogP contribution in [-0.2, 0) is 9.59 Å². The summed E-state index contributed by atoms with van der Waals surface area (Å²) >= 11 is 6.28. The molecule has 192 valence electrons. The molecule has 1 heterocycles. The zero-order valence-electron chi connectivity index (χ0n) is 21.0. The molecule has 1 aliphatic heterocycles. The Labute approximate surface area is 220 Å². The number of rotatable bonds is 8. The second-order valence-corrected chi connectivity index (χ2v) is 9.09. The summed E-state index contributed by atoms with van der Waals surface area (Å²) < 4.78 is 16.5. The third-order valence-corrected chi connectivity index (χ3v) is 6.16. The first-order valence-corrected chi connectivity index (χ1v) is 12.3. The molecule has 0 aromatic heterocycles. The van der Waals surface area contributed by atoms with Gasteiger partial charge in [-0.05, 0) is 80.9 Å². The van der Waals surface area contributed by atoms with Crippen molar-refractivity contribution in [2.75, 3.05) is 18.6 Å². The Balaban J connectivity index is 1.86. The van der Waals surface area contributed by atoms with Crippen LogP contribution in [0.4, 0.5) is 5.69 Å². The zero-order valence-corrected chi connectivity index (χ0v) is 21.8. The minimum absolute atomic E-state index is 0.0137. The molecular weight excluding hydrogens is 494 g/mol. The number of nitrogens with zero attached hydrogens (tertiary/aromatic N) is 1. The van der Waals surface area contributed by atoms with Gasteiger partial charge < -0.3 is 19.3 Å². The monoisotopic (exact) mass is 521 g/mol. The van der Waals surface area contributed by atoms with Crippen molar-refractivity contribution in [1.82, 2.24) is 0 Å². The van der Waals surface area contributed by atoms with Crippen LogP contribution in [0.5, 0.6) is 17.2 Å². The molecular formula is C29H28ClNO6. The highest BCUT2D eigenvalue weighted by atomic mass is 35.5. The van der Waals surface area contributed by atoms with E-state index in [2.05, 4.69) is 0 Å². The van der Waals surface area contributed by atoms with Gasteiger partial charge in [0, 0.05) is 11.3 Å². The highest BCUT2D eigenvalue weighted by Crippen LogP contribution is 2.43. The molecule has 1 atom stereocenters. The van der Waals surface area contributed by atoms with Gasteiger partial charge in [0.2, 0.25) is 0 Å². The molecule has 1 unspecified atom stereocenters. The number of halogens is 1. The summed E-state index contributed by atoms with van der Waals surface area (Å²) in [5.74, 6) is -0.168. The van der Waals surface area contributed by atoms with E-state index in [1.807, 2.05) is 20.8 Å². The summed E-state index contributed by atoms with van der Waals surface area (Å²) in [6.45, 7) is 6.23. The Hall–Kier alpha value is -3.97. The molecule has 1 aliphatic rings. The number of anilines is 1. The number of benzene rings is 3. The quantitative estimate of drug-likeness (QED) is 0.217. The fourth-order valence-corrected chi connectivity index (χ4v) is 4.51. The van der Waals surface area contributed by atoms with Gasteiger partial charge >= 0.3 is 0 Å². The maximum absolute atomic E-state index is 13.4. The Morgan fingerprint density at radius 1 is 1.00 bits per heavy atom. The van der Waals surface area contributed by atoms with Gasteiger partial charge in [0.15, 0.2) is 0 Å². The minimum atomic E-state index is -0.882. The summed E-state index contributed by atoms with van der Waals surface area (Å²) in [6.07, 6.45) is -0.0137. The van der Waals surface area contributed by atoms with E-state index < -0.39 is 17.7 Å². The van der Waals surface area contributed by atoms with E-state index in [9.17, 15) is 14.7 Å². The molecule has 0 aliphatic carbocycles. The number of ether oxygens (including phenoxy) is 3. The van der Waals surface area contributed by atoms with E-state index in [1.54, 1.807) is 60.7 Å². The van der Waals surface area contributed by atoms with Gasteiger partial charge in [-0.25, -0.2) is 0 Å². The van der Waals surface area contributed by atoms with Gasteiger partial charge in [-0.1, -0.05) is 23.7 Å². The van der Waals surface area contributed by atoms with E-state index in [0.29, 0.717) is 40.7 Å². The summed E-state index contributed by atoms with van der Waals surface area (Å²) in [7, 11) is 1.48. The highest BCUT2D eigenvalue weighted by molar-refractivity contribution is 6.51. The van der Waals surface area contributed by atoms with Crippen molar-refractivity contribution in [1.29, 1.82) is 0 Å². The van der Waals surface area contributed by atoms with Crippen LogP contribution in [0.25, 0.3) is 5.76 Å². The van der Waals surface area contributed by atoms with Gasteiger partial charge in [-0.15, -0.1) is 0 Å². The van der Waals surface area contributed by atoms with Crippen molar-refractivity contribution in [3.63, 3.8) is 0 Å². The molecule has 7 nitrogen and oxygen atoms in total. The van der Waals surface area contributed by atoms with E-state index >= 15 is 0 Å². The molecule has 1 fully saturated rings. The Morgan fingerprint density at radius 3 is 2.22 bits per heavy atom. The molecule has 3 aromatic rings. The van der Waals surface area contributed by atoms with Crippen LogP contribution >= 0.6 is 11.6 Å². The van der Waals surface area contributed by atoms with Crippen molar-refractivity contribution in [3.8, 4) is 17.2 Å². The Bertz CT molecular complexity index is 1330. The average Bonchev–Trinajstić information content (AvgIpc) is 3.14. The van der Waals surface area contributed by atoms with Crippen molar-refractivity contribution in [2.45, 2.75) is 32.9 Å². The molecule has 0 radical (unpaired) electrons. The van der Waals surface area contributed by atoms with Crippen molar-refractivity contribution in [2.24, 2.45) is 0 Å². The number of carbonyl (C=O) groups is 2. The lowest BCUT2D eigenvalue weighted by Gasteiger charge is -2.26. The predicted molar refractivity (Wildman–Crippen MR) is 143 cm³/mol. The van der Waals surface area contributed by atoms with Crippen LogP contribution in [0.15, 0.2) is 72.3 Å². The molecule has 37 heavy (non-hydrogen) atoms. The molecule has 4 rings (SSSR count). The first-order valence-electron chi connectivity index (χ1n) is 11.9. The molecule has 3 aromatic carbocycles. The lowest BCUT2D eigenvalue weighted by molar-refractivity contribution is -0.132. The van der Waals surface area contributed by atoms with Crippen molar-refractivity contribution in [3.05, 3.63) is 88.5 Å². The van der Waals surface area contributed by atoms with E-state index in [0.717, 1.165) is 0 Å². The fourth-order valence-electron chi connectivity index (χ4n) is 4.25. The molecule has 1 N–H and O–H groups in total. The number of hydrogen-bond acceptors (Lipinski definition) is 6. The smallest absolute Gasteiger partial charge is 0.300 e. The molecule has 0 saturated carbocycles. The molecule has 1 amide bonds. The Morgan fingerprint density at radius 2 is 1.65 bits per heavy atom. The number of amides is 1. The summed E-state index contributed by atoms with van der Waals surface area (Å²) in [4.78, 5) is 28.1. The standard InChI is InChI=1S/C29H28ClNO6/c1-5-36-21-13-9-20(10-14-21)31-26(18-6-11-22(12-7-18)37-17(2)3)25(28(33)29(31)34)27(32)19-8-15-24(35-4)23(30)16-19/h6-17,26,32H,5H2,1-4H3/b27-25-. The third kappa shape index (κ3) is 5.27. The predicted octanol–water partition coefficient (Wildman–Crippen LogP) is 6.16. The molecule has 0 spiro atoms. The number of aliphatic hydroxyl groups excluding tert-OH is 1. The van der Waals surface area contributed by atoms with Crippen molar-refractivity contribution < 1.29 is 28.9 Å². The SMILES string of the molecule is CCOc1ccc(N2C(=O)C(=O)/C(=C(\O)c3ccc(OC)c(Cl)c3)C2c2ccc(OC(C)C)cc2)cc1. The Kier molecular flexibility index (Phi) is 7.74. The molecule has 0 bridgehead atoms. The molecule has 1 saturated heterocycles. The van der Waals surface area contributed by atoms with Crippen LogP contribution in [0.3, 0.4) is 0 Å². The molecule has 8 heteroatoms. The summed E-state index contributed by atoms with van der Waals surface area (Å²) in [6, 6.07) is 17.8. The van der Waals surface area contributed by atoms with Gasteiger partial charge in [-0.3, -0.25) is 14.5 Å². The van der Waals surface area contributed by atoms with E-state index in [1.165, 1.54) is 18.1 Å². The first-order chi connectivity index (χ1) is 17.7. The summed E-state index contributed by atoms with van der Waals surface area (Å²) in [5, 5.41) is 11.6. The van der Waals surface area contributed by atoms with Crippen LogP contribution in [0.1, 0.15) is 37.9 Å². The van der Waals surface area contributed by atoms with Crippen LogP contribution in [0, 0.1) is 0 Å². The highest BCUT2D eigenvalue weighted by Gasteiger charge is 2.47. The number of methoxy groups -OCH3 is 1. The number of carbonyl (C=O) groups excluding carboxylic acids is 2. The van der Waals surface area contributed by atoms with E-state index in [4.69, 9.17) is 25.8 Å². The first kappa shape index (κ1) is 26.1. The summed E-state index contributed by atoms with van der Waals surface area (Å²) in [5.41, 5.74) is 1.37. The largest absolute Gasteiger partial charge is 0.507 e. The second-order valence-electron chi connectivity index (χ2n) is 8.68. The maximum Gasteiger partial charge on any atom is 0.300 e. The zero-order chi connectivity index (χ0) is 26.7.